The monoisotopic (exact) mass is 415 g/mol. The summed E-state index contributed by atoms with van der Waals surface area (Å²) >= 11 is 6.12. The average Bonchev–Trinajstić information content (AvgIpc) is 3.23. The molecular formula is C22H26ClN3O3. The van der Waals surface area contributed by atoms with Crippen molar-refractivity contribution in [3.8, 4) is 5.75 Å². The Hall–Kier alpha value is -2.57. The molecule has 2 aromatic carbocycles. The highest BCUT2D eigenvalue weighted by atomic mass is 35.5. The van der Waals surface area contributed by atoms with Crippen LogP contribution in [0.4, 0.5) is 5.69 Å². The molecule has 1 heterocycles. The first-order chi connectivity index (χ1) is 14.0. The second kappa shape index (κ2) is 10.3. The Morgan fingerprint density at radius 3 is 2.76 bits per heavy atom. The van der Waals surface area contributed by atoms with E-state index in [0.29, 0.717) is 29.7 Å². The van der Waals surface area contributed by atoms with Gasteiger partial charge in [0.25, 0.3) is 5.91 Å². The van der Waals surface area contributed by atoms with Crippen LogP contribution in [-0.4, -0.2) is 37.7 Å². The number of benzene rings is 2. The minimum Gasteiger partial charge on any atom is -0.494 e. The highest BCUT2D eigenvalue weighted by Crippen LogP contribution is 2.20. The number of guanidine groups is 1. The molecule has 6 nitrogen and oxygen atoms in total. The fourth-order valence-corrected chi connectivity index (χ4v) is 3.17. The molecule has 29 heavy (non-hydrogen) atoms. The first-order valence-corrected chi connectivity index (χ1v) is 10.2. The number of aliphatic imine (C=N–C) groups is 1. The molecule has 1 amide bonds. The van der Waals surface area contributed by atoms with Gasteiger partial charge in [0.15, 0.2) is 0 Å². The van der Waals surface area contributed by atoms with Gasteiger partial charge in [-0.15, -0.1) is 0 Å². The van der Waals surface area contributed by atoms with Gasteiger partial charge in [0.2, 0.25) is 5.96 Å². The number of hydrogen-bond donors (Lipinski definition) is 2. The molecule has 2 aromatic rings. The summed E-state index contributed by atoms with van der Waals surface area (Å²) in [6.45, 7) is 5.69. The van der Waals surface area contributed by atoms with E-state index in [9.17, 15) is 4.79 Å². The molecule has 0 spiro atoms. The smallest absolute Gasteiger partial charge is 0.257 e. The lowest BCUT2D eigenvalue weighted by atomic mass is 10.2. The second-order valence-electron chi connectivity index (χ2n) is 6.82. The van der Waals surface area contributed by atoms with Gasteiger partial charge in [-0.3, -0.25) is 10.1 Å². The molecule has 3 rings (SSSR count). The van der Waals surface area contributed by atoms with Crippen molar-refractivity contribution < 1.29 is 14.3 Å². The maximum Gasteiger partial charge on any atom is 0.257 e. The van der Waals surface area contributed by atoms with Crippen molar-refractivity contribution in [2.45, 2.75) is 32.8 Å². The fourth-order valence-electron chi connectivity index (χ4n) is 3.00. The summed E-state index contributed by atoms with van der Waals surface area (Å²) in [5.74, 6) is 0.833. The summed E-state index contributed by atoms with van der Waals surface area (Å²) < 4.78 is 11.1. The first kappa shape index (κ1) is 21.1. The Bertz CT molecular complexity index is 862. The molecule has 1 saturated heterocycles. The van der Waals surface area contributed by atoms with Crippen LogP contribution in [0.15, 0.2) is 47.5 Å². The lowest BCUT2D eigenvalue weighted by molar-refractivity contribution is 0.0975. The normalized spacial score (nSPS) is 16.5. The Labute approximate surface area is 176 Å². The zero-order chi connectivity index (χ0) is 20.6. The number of hydrogen-bond acceptors (Lipinski definition) is 4. The van der Waals surface area contributed by atoms with Crippen molar-refractivity contribution >= 4 is 29.2 Å². The molecule has 0 aliphatic carbocycles. The second-order valence-corrected chi connectivity index (χ2v) is 7.26. The van der Waals surface area contributed by atoms with Gasteiger partial charge < -0.3 is 14.8 Å². The standard InChI is InChI=1S/C22H26ClN3O3/c1-3-28-18-10-7-16(8-11-18)21(27)26-22(24-14-19-5-4-12-29-19)25-20-13-17(23)9-6-15(20)2/h6-11,13,19H,3-5,12,14H2,1-2H3,(H2,24,25,26,27)/t19-/m1/s1. The maximum atomic E-state index is 12.7. The fraction of sp³-hybridized carbons (Fsp3) is 0.364. The number of rotatable bonds is 6. The lowest BCUT2D eigenvalue weighted by Crippen LogP contribution is -2.37. The number of carbonyl (C=O) groups excluding carboxylic acids is 1. The predicted octanol–water partition coefficient (Wildman–Crippen LogP) is 4.42. The molecule has 2 N–H and O–H groups in total. The van der Waals surface area contributed by atoms with Gasteiger partial charge in [-0.2, -0.15) is 0 Å². The zero-order valence-corrected chi connectivity index (χ0v) is 17.5. The Balaban J connectivity index is 1.75. The molecule has 1 atom stereocenters. The number of ether oxygens (including phenoxy) is 2. The number of carbonyl (C=O) groups is 1. The van der Waals surface area contributed by atoms with Crippen LogP contribution in [0, 0.1) is 6.92 Å². The Morgan fingerprint density at radius 1 is 1.28 bits per heavy atom. The highest BCUT2D eigenvalue weighted by Gasteiger charge is 2.16. The summed E-state index contributed by atoms with van der Waals surface area (Å²) in [4.78, 5) is 17.3. The molecule has 0 radical (unpaired) electrons. The maximum absolute atomic E-state index is 12.7. The van der Waals surface area contributed by atoms with Crippen LogP contribution < -0.4 is 15.4 Å². The van der Waals surface area contributed by atoms with Crippen molar-refractivity contribution in [2.75, 3.05) is 25.1 Å². The van der Waals surface area contributed by atoms with Crippen molar-refractivity contribution in [1.29, 1.82) is 0 Å². The SMILES string of the molecule is CCOc1ccc(C(=O)NC(=NC[C@H]2CCCO2)Nc2cc(Cl)ccc2C)cc1. The van der Waals surface area contributed by atoms with Crippen LogP contribution in [0.3, 0.4) is 0 Å². The largest absolute Gasteiger partial charge is 0.494 e. The summed E-state index contributed by atoms with van der Waals surface area (Å²) in [5, 5.41) is 6.67. The summed E-state index contributed by atoms with van der Waals surface area (Å²) in [5.41, 5.74) is 2.30. The topological polar surface area (TPSA) is 72.0 Å². The average molecular weight is 416 g/mol. The van der Waals surface area contributed by atoms with Crippen molar-refractivity contribution in [3.63, 3.8) is 0 Å². The number of aryl methyl sites for hydroxylation is 1. The number of nitrogens with zero attached hydrogens (tertiary/aromatic N) is 1. The van der Waals surface area contributed by atoms with E-state index in [4.69, 9.17) is 21.1 Å². The molecular weight excluding hydrogens is 390 g/mol. The minimum atomic E-state index is -0.258. The molecule has 0 unspecified atom stereocenters. The number of amides is 1. The quantitative estimate of drug-likeness (QED) is 0.541. The molecule has 154 valence electrons. The third kappa shape index (κ3) is 6.21. The van der Waals surface area contributed by atoms with E-state index in [1.54, 1.807) is 24.3 Å². The van der Waals surface area contributed by atoms with E-state index in [0.717, 1.165) is 36.4 Å². The van der Waals surface area contributed by atoms with Gasteiger partial charge in [-0.1, -0.05) is 17.7 Å². The summed E-state index contributed by atoms with van der Waals surface area (Å²) in [7, 11) is 0. The predicted molar refractivity (Wildman–Crippen MR) is 116 cm³/mol. The van der Waals surface area contributed by atoms with Gasteiger partial charge in [0, 0.05) is 22.9 Å². The number of halogens is 1. The van der Waals surface area contributed by atoms with Crippen LogP contribution >= 0.6 is 11.6 Å². The summed E-state index contributed by atoms with van der Waals surface area (Å²) in [6.07, 6.45) is 2.09. The molecule has 0 bridgehead atoms. The van der Waals surface area contributed by atoms with Gasteiger partial charge in [0.05, 0.1) is 19.3 Å². The first-order valence-electron chi connectivity index (χ1n) is 9.78. The Kier molecular flexibility index (Phi) is 7.49. The molecule has 0 aromatic heterocycles. The van der Waals surface area contributed by atoms with Crippen LogP contribution in [0.25, 0.3) is 0 Å². The van der Waals surface area contributed by atoms with Crippen LogP contribution in [0.5, 0.6) is 5.75 Å². The summed E-state index contributed by atoms with van der Waals surface area (Å²) in [6, 6.07) is 12.5. The van der Waals surface area contributed by atoms with Gasteiger partial charge in [0.1, 0.15) is 5.75 Å². The van der Waals surface area contributed by atoms with E-state index in [1.807, 2.05) is 32.0 Å². The third-order valence-corrected chi connectivity index (χ3v) is 4.82. The number of nitrogens with one attached hydrogen (secondary N) is 2. The van der Waals surface area contributed by atoms with Crippen LogP contribution in [0.2, 0.25) is 5.02 Å². The van der Waals surface area contributed by atoms with E-state index < -0.39 is 0 Å². The van der Waals surface area contributed by atoms with E-state index in [-0.39, 0.29) is 12.0 Å². The van der Waals surface area contributed by atoms with Crippen molar-refractivity contribution in [1.82, 2.24) is 5.32 Å². The van der Waals surface area contributed by atoms with Crippen molar-refractivity contribution in [2.24, 2.45) is 4.99 Å². The van der Waals surface area contributed by atoms with E-state index in [1.165, 1.54) is 0 Å². The lowest BCUT2D eigenvalue weighted by Gasteiger charge is -2.15. The van der Waals surface area contributed by atoms with Crippen LogP contribution in [-0.2, 0) is 4.74 Å². The van der Waals surface area contributed by atoms with Crippen molar-refractivity contribution in [3.05, 3.63) is 58.6 Å². The van der Waals surface area contributed by atoms with E-state index in [2.05, 4.69) is 15.6 Å². The molecule has 1 aliphatic heterocycles. The molecule has 1 fully saturated rings. The third-order valence-electron chi connectivity index (χ3n) is 4.59. The van der Waals surface area contributed by atoms with E-state index >= 15 is 0 Å². The van der Waals surface area contributed by atoms with Gasteiger partial charge in [-0.05, 0) is 68.7 Å². The number of anilines is 1. The highest BCUT2D eigenvalue weighted by molar-refractivity contribution is 6.31. The molecule has 0 saturated carbocycles. The Morgan fingerprint density at radius 2 is 2.07 bits per heavy atom. The zero-order valence-electron chi connectivity index (χ0n) is 16.7. The van der Waals surface area contributed by atoms with Gasteiger partial charge >= 0.3 is 0 Å². The van der Waals surface area contributed by atoms with Gasteiger partial charge in [-0.25, -0.2) is 4.99 Å². The van der Waals surface area contributed by atoms with Crippen LogP contribution in [0.1, 0.15) is 35.7 Å². The molecule has 1 aliphatic rings. The molecule has 7 heteroatoms. The minimum absolute atomic E-state index is 0.0784.